The smallest absolute Gasteiger partial charge is 0.143 e. The van der Waals surface area contributed by atoms with Crippen LogP contribution in [0.25, 0.3) is 0 Å². The van der Waals surface area contributed by atoms with Crippen LogP contribution in [-0.4, -0.2) is 29.1 Å². The summed E-state index contributed by atoms with van der Waals surface area (Å²) in [5, 5.41) is 11.7. The molecule has 0 aromatic carbocycles. The standard InChI is InChI=1S/C12H20N4O/c1-4-16(8-9(2)12(13)15-17)11-5-6-14-10(3)7-11/h5-7,9,17H,4,8H2,1-3H3,(H2,13,15). The molecule has 5 heteroatoms. The zero-order chi connectivity index (χ0) is 12.8. The highest BCUT2D eigenvalue weighted by atomic mass is 16.4. The lowest BCUT2D eigenvalue weighted by Crippen LogP contribution is -2.35. The van der Waals surface area contributed by atoms with E-state index in [1.165, 1.54) is 0 Å². The third-order valence-corrected chi connectivity index (χ3v) is 2.74. The SMILES string of the molecule is CCN(CC(C)/C(N)=N/O)c1ccnc(C)c1. The summed E-state index contributed by atoms with van der Waals surface area (Å²) in [7, 11) is 0. The van der Waals surface area contributed by atoms with E-state index in [2.05, 4.69) is 22.0 Å². The second-order valence-electron chi connectivity index (χ2n) is 4.12. The molecule has 3 N–H and O–H groups in total. The van der Waals surface area contributed by atoms with Gasteiger partial charge in [-0.15, -0.1) is 0 Å². The van der Waals surface area contributed by atoms with Crippen molar-refractivity contribution in [1.29, 1.82) is 0 Å². The number of hydrogen-bond acceptors (Lipinski definition) is 4. The van der Waals surface area contributed by atoms with Crippen LogP contribution in [0.5, 0.6) is 0 Å². The molecule has 0 aliphatic heterocycles. The Hall–Kier alpha value is -1.78. The number of rotatable bonds is 5. The Morgan fingerprint density at radius 3 is 2.88 bits per heavy atom. The summed E-state index contributed by atoms with van der Waals surface area (Å²) in [5.74, 6) is 0.266. The second-order valence-corrected chi connectivity index (χ2v) is 4.12. The van der Waals surface area contributed by atoms with Crippen molar-refractivity contribution in [3.63, 3.8) is 0 Å². The third-order valence-electron chi connectivity index (χ3n) is 2.74. The van der Waals surface area contributed by atoms with Crippen molar-refractivity contribution < 1.29 is 5.21 Å². The first-order valence-corrected chi connectivity index (χ1v) is 5.73. The molecular formula is C12H20N4O. The zero-order valence-corrected chi connectivity index (χ0v) is 10.6. The quantitative estimate of drug-likeness (QED) is 0.352. The summed E-state index contributed by atoms with van der Waals surface area (Å²) < 4.78 is 0. The van der Waals surface area contributed by atoms with E-state index in [1.807, 2.05) is 26.0 Å². The summed E-state index contributed by atoms with van der Waals surface area (Å²) in [6, 6.07) is 4.00. The Bertz CT molecular complexity index is 392. The lowest BCUT2D eigenvalue weighted by molar-refractivity contribution is 0.314. The van der Waals surface area contributed by atoms with Crippen molar-refractivity contribution >= 4 is 11.5 Å². The molecule has 1 unspecified atom stereocenters. The first kappa shape index (κ1) is 13.3. The molecule has 0 saturated carbocycles. The van der Waals surface area contributed by atoms with Gasteiger partial charge in [0.15, 0.2) is 0 Å². The topological polar surface area (TPSA) is 74.7 Å². The molecule has 0 bridgehead atoms. The number of amidine groups is 1. The maximum Gasteiger partial charge on any atom is 0.143 e. The largest absolute Gasteiger partial charge is 0.409 e. The minimum Gasteiger partial charge on any atom is -0.409 e. The van der Waals surface area contributed by atoms with Gasteiger partial charge in [0.25, 0.3) is 0 Å². The van der Waals surface area contributed by atoms with Gasteiger partial charge in [0.1, 0.15) is 5.84 Å². The first-order valence-electron chi connectivity index (χ1n) is 5.73. The van der Waals surface area contributed by atoms with Crippen molar-refractivity contribution in [3.8, 4) is 0 Å². The third kappa shape index (κ3) is 3.62. The van der Waals surface area contributed by atoms with Crippen LogP contribution in [0.2, 0.25) is 0 Å². The van der Waals surface area contributed by atoms with Crippen LogP contribution in [0.15, 0.2) is 23.5 Å². The van der Waals surface area contributed by atoms with Crippen molar-refractivity contribution in [2.75, 3.05) is 18.0 Å². The van der Waals surface area contributed by atoms with Gasteiger partial charge in [-0.3, -0.25) is 4.98 Å². The average molecular weight is 236 g/mol. The van der Waals surface area contributed by atoms with Gasteiger partial charge in [-0.05, 0) is 26.0 Å². The van der Waals surface area contributed by atoms with E-state index >= 15 is 0 Å². The Morgan fingerprint density at radius 1 is 1.65 bits per heavy atom. The Balaban J connectivity index is 2.79. The number of nitrogens with zero attached hydrogens (tertiary/aromatic N) is 3. The van der Waals surface area contributed by atoms with Crippen LogP contribution in [-0.2, 0) is 0 Å². The normalized spacial score (nSPS) is 13.5. The fourth-order valence-corrected chi connectivity index (χ4v) is 1.67. The minimum absolute atomic E-state index is 0.00780. The highest BCUT2D eigenvalue weighted by molar-refractivity contribution is 5.82. The number of oxime groups is 1. The fourth-order valence-electron chi connectivity index (χ4n) is 1.67. The predicted octanol–water partition coefficient (Wildman–Crippen LogP) is 1.60. The number of hydrogen-bond donors (Lipinski definition) is 2. The van der Waals surface area contributed by atoms with Gasteiger partial charge < -0.3 is 15.8 Å². The van der Waals surface area contributed by atoms with Gasteiger partial charge in [0.2, 0.25) is 0 Å². The van der Waals surface area contributed by atoms with E-state index in [-0.39, 0.29) is 11.8 Å². The molecule has 0 amide bonds. The molecule has 0 aliphatic rings. The molecule has 0 spiro atoms. The summed E-state index contributed by atoms with van der Waals surface area (Å²) >= 11 is 0. The Morgan fingerprint density at radius 2 is 2.35 bits per heavy atom. The van der Waals surface area contributed by atoms with Gasteiger partial charge in [0, 0.05) is 36.6 Å². The lowest BCUT2D eigenvalue weighted by atomic mass is 10.1. The fraction of sp³-hybridized carbons (Fsp3) is 0.500. The monoisotopic (exact) mass is 236 g/mol. The molecule has 1 aromatic rings. The molecule has 17 heavy (non-hydrogen) atoms. The Labute approximate surface area is 102 Å². The highest BCUT2D eigenvalue weighted by Gasteiger charge is 2.13. The second kappa shape index (κ2) is 6.08. The van der Waals surface area contributed by atoms with Crippen molar-refractivity contribution in [3.05, 3.63) is 24.0 Å². The number of anilines is 1. The lowest BCUT2D eigenvalue weighted by Gasteiger charge is -2.26. The van der Waals surface area contributed by atoms with Gasteiger partial charge in [0.05, 0.1) is 0 Å². The van der Waals surface area contributed by atoms with Crippen LogP contribution in [0.3, 0.4) is 0 Å². The number of aromatic nitrogens is 1. The molecule has 1 aromatic heterocycles. The minimum atomic E-state index is 0.00780. The average Bonchev–Trinajstić information content (AvgIpc) is 2.34. The Kier molecular flexibility index (Phi) is 4.75. The molecule has 0 saturated heterocycles. The predicted molar refractivity (Wildman–Crippen MR) is 69.4 cm³/mol. The van der Waals surface area contributed by atoms with Crippen LogP contribution in [0.1, 0.15) is 19.5 Å². The van der Waals surface area contributed by atoms with Gasteiger partial charge in [-0.25, -0.2) is 0 Å². The molecular weight excluding hydrogens is 216 g/mol. The van der Waals surface area contributed by atoms with E-state index in [0.717, 1.165) is 24.5 Å². The number of aryl methyl sites for hydroxylation is 1. The molecule has 1 heterocycles. The van der Waals surface area contributed by atoms with Crippen LogP contribution >= 0.6 is 0 Å². The van der Waals surface area contributed by atoms with Crippen molar-refractivity contribution in [2.45, 2.75) is 20.8 Å². The van der Waals surface area contributed by atoms with E-state index in [9.17, 15) is 0 Å². The van der Waals surface area contributed by atoms with Crippen molar-refractivity contribution in [1.82, 2.24) is 4.98 Å². The molecule has 0 aliphatic carbocycles. The summed E-state index contributed by atoms with van der Waals surface area (Å²) in [4.78, 5) is 6.35. The molecule has 0 fully saturated rings. The summed E-state index contributed by atoms with van der Waals surface area (Å²) in [6.45, 7) is 7.56. The van der Waals surface area contributed by atoms with Crippen LogP contribution < -0.4 is 10.6 Å². The summed E-state index contributed by atoms with van der Waals surface area (Å²) in [5.41, 5.74) is 7.68. The van der Waals surface area contributed by atoms with E-state index in [1.54, 1.807) is 6.20 Å². The maximum atomic E-state index is 8.64. The first-order chi connectivity index (χ1) is 8.08. The van der Waals surface area contributed by atoms with Crippen molar-refractivity contribution in [2.24, 2.45) is 16.8 Å². The van der Waals surface area contributed by atoms with E-state index in [0.29, 0.717) is 0 Å². The van der Waals surface area contributed by atoms with Gasteiger partial charge >= 0.3 is 0 Å². The molecule has 1 atom stereocenters. The zero-order valence-electron chi connectivity index (χ0n) is 10.6. The van der Waals surface area contributed by atoms with Gasteiger partial charge in [-0.1, -0.05) is 12.1 Å². The van der Waals surface area contributed by atoms with E-state index < -0.39 is 0 Å². The van der Waals surface area contributed by atoms with Crippen LogP contribution in [0.4, 0.5) is 5.69 Å². The van der Waals surface area contributed by atoms with Gasteiger partial charge in [-0.2, -0.15) is 0 Å². The van der Waals surface area contributed by atoms with E-state index in [4.69, 9.17) is 10.9 Å². The molecule has 0 radical (unpaired) electrons. The maximum absolute atomic E-state index is 8.64. The summed E-state index contributed by atoms with van der Waals surface area (Å²) in [6.07, 6.45) is 1.79. The van der Waals surface area contributed by atoms with Crippen LogP contribution in [0, 0.1) is 12.8 Å². The molecule has 94 valence electrons. The highest BCUT2D eigenvalue weighted by Crippen LogP contribution is 2.15. The number of nitrogens with two attached hydrogens (primary N) is 1. The molecule has 1 rings (SSSR count). The molecule has 5 nitrogen and oxygen atoms in total. The number of pyridine rings is 1.